The maximum atomic E-state index is 11.5. The SMILES string of the molecule is CC1(NC(=O)C(=O)NCCN)CCOCC1. The van der Waals surface area contributed by atoms with Crippen LogP contribution in [0, 0.1) is 0 Å². The topological polar surface area (TPSA) is 93.5 Å². The Morgan fingerprint density at radius 3 is 2.50 bits per heavy atom. The van der Waals surface area contributed by atoms with Gasteiger partial charge < -0.3 is 21.1 Å². The van der Waals surface area contributed by atoms with Gasteiger partial charge in [0.1, 0.15) is 0 Å². The van der Waals surface area contributed by atoms with Crippen LogP contribution in [0.15, 0.2) is 0 Å². The normalized spacial score (nSPS) is 18.9. The fraction of sp³-hybridized carbons (Fsp3) is 0.800. The first-order valence-electron chi connectivity index (χ1n) is 5.45. The molecule has 0 aromatic rings. The van der Waals surface area contributed by atoms with E-state index in [0.29, 0.717) is 26.3 Å². The van der Waals surface area contributed by atoms with Gasteiger partial charge in [0.25, 0.3) is 0 Å². The second-order valence-corrected chi connectivity index (χ2v) is 4.17. The summed E-state index contributed by atoms with van der Waals surface area (Å²) in [6.45, 7) is 3.78. The van der Waals surface area contributed by atoms with Crippen molar-refractivity contribution in [1.82, 2.24) is 10.6 Å². The molecule has 92 valence electrons. The second kappa shape index (κ2) is 5.81. The van der Waals surface area contributed by atoms with Gasteiger partial charge >= 0.3 is 11.8 Å². The molecule has 0 bridgehead atoms. The van der Waals surface area contributed by atoms with Gasteiger partial charge in [0, 0.05) is 31.8 Å². The summed E-state index contributed by atoms with van der Waals surface area (Å²) in [7, 11) is 0. The third kappa shape index (κ3) is 3.79. The van der Waals surface area contributed by atoms with Gasteiger partial charge in [-0.3, -0.25) is 9.59 Å². The number of amides is 2. The van der Waals surface area contributed by atoms with Crippen molar-refractivity contribution in [1.29, 1.82) is 0 Å². The number of ether oxygens (including phenoxy) is 1. The average Bonchev–Trinajstić information content (AvgIpc) is 2.26. The van der Waals surface area contributed by atoms with Gasteiger partial charge in [-0.05, 0) is 19.8 Å². The molecule has 2 amide bonds. The Labute approximate surface area is 94.9 Å². The van der Waals surface area contributed by atoms with E-state index in [2.05, 4.69) is 10.6 Å². The Balaban J connectivity index is 2.40. The van der Waals surface area contributed by atoms with E-state index >= 15 is 0 Å². The number of nitrogens with two attached hydrogens (primary N) is 1. The van der Waals surface area contributed by atoms with Crippen molar-refractivity contribution in [2.24, 2.45) is 5.73 Å². The molecular formula is C10H19N3O3. The van der Waals surface area contributed by atoms with E-state index in [0.717, 1.165) is 12.8 Å². The summed E-state index contributed by atoms with van der Waals surface area (Å²) in [4.78, 5) is 22.8. The molecule has 6 nitrogen and oxygen atoms in total. The molecule has 1 fully saturated rings. The lowest BCUT2D eigenvalue weighted by Crippen LogP contribution is -2.54. The highest BCUT2D eigenvalue weighted by molar-refractivity contribution is 6.35. The Bertz CT molecular complexity index is 262. The van der Waals surface area contributed by atoms with E-state index < -0.39 is 11.8 Å². The molecule has 0 atom stereocenters. The van der Waals surface area contributed by atoms with Crippen LogP contribution in [0.4, 0.5) is 0 Å². The van der Waals surface area contributed by atoms with Crippen LogP contribution in [0.1, 0.15) is 19.8 Å². The number of carbonyl (C=O) groups excluding carboxylic acids is 2. The number of nitrogens with one attached hydrogen (secondary N) is 2. The summed E-state index contributed by atoms with van der Waals surface area (Å²) in [5.41, 5.74) is 4.89. The van der Waals surface area contributed by atoms with Crippen molar-refractivity contribution in [3.05, 3.63) is 0 Å². The van der Waals surface area contributed by atoms with Crippen LogP contribution in [0.25, 0.3) is 0 Å². The molecule has 0 aromatic carbocycles. The van der Waals surface area contributed by atoms with E-state index in [4.69, 9.17) is 10.5 Å². The van der Waals surface area contributed by atoms with E-state index in [1.165, 1.54) is 0 Å². The number of hydrogen-bond donors (Lipinski definition) is 3. The summed E-state index contributed by atoms with van der Waals surface area (Å²) in [6.07, 6.45) is 1.45. The molecule has 1 saturated heterocycles. The molecule has 0 aliphatic carbocycles. The van der Waals surface area contributed by atoms with Gasteiger partial charge in [-0.1, -0.05) is 0 Å². The highest BCUT2D eigenvalue weighted by atomic mass is 16.5. The Morgan fingerprint density at radius 2 is 1.94 bits per heavy atom. The second-order valence-electron chi connectivity index (χ2n) is 4.17. The maximum absolute atomic E-state index is 11.5. The molecule has 6 heteroatoms. The monoisotopic (exact) mass is 229 g/mol. The van der Waals surface area contributed by atoms with Crippen molar-refractivity contribution in [3.8, 4) is 0 Å². The molecule has 1 aliphatic rings. The van der Waals surface area contributed by atoms with Crippen molar-refractivity contribution in [3.63, 3.8) is 0 Å². The minimum atomic E-state index is -0.627. The van der Waals surface area contributed by atoms with E-state index in [1.807, 2.05) is 6.92 Å². The first-order chi connectivity index (χ1) is 7.57. The molecule has 1 rings (SSSR count). The van der Waals surface area contributed by atoms with Gasteiger partial charge in [-0.15, -0.1) is 0 Å². The maximum Gasteiger partial charge on any atom is 0.309 e. The van der Waals surface area contributed by atoms with Crippen molar-refractivity contribution in [2.45, 2.75) is 25.3 Å². The number of carbonyl (C=O) groups is 2. The summed E-state index contributed by atoms with van der Waals surface area (Å²) in [5.74, 6) is -1.23. The zero-order chi connectivity index (χ0) is 12.0. The molecule has 1 heterocycles. The largest absolute Gasteiger partial charge is 0.381 e. The zero-order valence-corrected chi connectivity index (χ0v) is 9.54. The van der Waals surface area contributed by atoms with Gasteiger partial charge in [-0.25, -0.2) is 0 Å². The predicted octanol–water partition coefficient (Wildman–Crippen LogP) is -1.25. The first-order valence-corrected chi connectivity index (χ1v) is 5.45. The predicted molar refractivity (Wildman–Crippen MR) is 58.7 cm³/mol. The summed E-state index contributed by atoms with van der Waals surface area (Å²) in [6, 6.07) is 0. The van der Waals surface area contributed by atoms with E-state index in [9.17, 15) is 9.59 Å². The fourth-order valence-electron chi connectivity index (χ4n) is 1.54. The zero-order valence-electron chi connectivity index (χ0n) is 9.54. The molecule has 0 aromatic heterocycles. The lowest BCUT2D eigenvalue weighted by atomic mass is 9.92. The minimum Gasteiger partial charge on any atom is -0.381 e. The van der Waals surface area contributed by atoms with Gasteiger partial charge in [0.15, 0.2) is 0 Å². The Morgan fingerprint density at radius 1 is 1.31 bits per heavy atom. The quantitative estimate of drug-likeness (QED) is 0.527. The van der Waals surface area contributed by atoms with Crippen molar-refractivity contribution < 1.29 is 14.3 Å². The van der Waals surface area contributed by atoms with Crippen molar-refractivity contribution >= 4 is 11.8 Å². The smallest absolute Gasteiger partial charge is 0.309 e. The van der Waals surface area contributed by atoms with Crippen LogP contribution in [-0.4, -0.2) is 43.7 Å². The van der Waals surface area contributed by atoms with Gasteiger partial charge in [0.05, 0.1) is 0 Å². The van der Waals surface area contributed by atoms with Crippen LogP contribution in [0.3, 0.4) is 0 Å². The first kappa shape index (κ1) is 12.9. The standard InChI is InChI=1S/C10H19N3O3/c1-10(2-6-16-7-3-10)13-9(15)8(14)12-5-4-11/h2-7,11H2,1H3,(H,12,14)(H,13,15). The molecule has 16 heavy (non-hydrogen) atoms. The molecule has 0 spiro atoms. The fourth-order valence-corrected chi connectivity index (χ4v) is 1.54. The highest BCUT2D eigenvalue weighted by Crippen LogP contribution is 2.19. The van der Waals surface area contributed by atoms with Crippen LogP contribution < -0.4 is 16.4 Å². The van der Waals surface area contributed by atoms with Gasteiger partial charge in [0.2, 0.25) is 0 Å². The van der Waals surface area contributed by atoms with Crippen LogP contribution in [0.2, 0.25) is 0 Å². The van der Waals surface area contributed by atoms with E-state index in [1.54, 1.807) is 0 Å². The van der Waals surface area contributed by atoms with Crippen LogP contribution >= 0.6 is 0 Å². The average molecular weight is 229 g/mol. The van der Waals surface area contributed by atoms with Gasteiger partial charge in [-0.2, -0.15) is 0 Å². The Hall–Kier alpha value is -1.14. The minimum absolute atomic E-state index is 0.312. The lowest BCUT2D eigenvalue weighted by Gasteiger charge is -2.34. The Kier molecular flexibility index (Phi) is 4.70. The lowest BCUT2D eigenvalue weighted by molar-refractivity contribution is -0.140. The molecule has 0 saturated carbocycles. The van der Waals surface area contributed by atoms with E-state index in [-0.39, 0.29) is 5.54 Å². The van der Waals surface area contributed by atoms with Crippen LogP contribution in [-0.2, 0) is 14.3 Å². The molecule has 0 radical (unpaired) electrons. The summed E-state index contributed by atoms with van der Waals surface area (Å²) in [5, 5.41) is 5.16. The molecule has 4 N–H and O–H groups in total. The summed E-state index contributed by atoms with van der Waals surface area (Å²) < 4.78 is 5.20. The molecular weight excluding hydrogens is 210 g/mol. The third-order valence-corrected chi connectivity index (χ3v) is 2.65. The highest BCUT2D eigenvalue weighted by Gasteiger charge is 2.30. The molecule has 0 unspecified atom stereocenters. The van der Waals surface area contributed by atoms with Crippen LogP contribution in [0.5, 0.6) is 0 Å². The molecule has 1 aliphatic heterocycles. The third-order valence-electron chi connectivity index (χ3n) is 2.65. The number of rotatable bonds is 3. The summed E-state index contributed by atoms with van der Waals surface area (Å²) >= 11 is 0. The number of hydrogen-bond acceptors (Lipinski definition) is 4. The van der Waals surface area contributed by atoms with Crippen molar-refractivity contribution in [2.75, 3.05) is 26.3 Å².